The Balaban J connectivity index is 1.60. The van der Waals surface area contributed by atoms with Crippen LogP contribution in [0, 0.1) is 15.9 Å². The Labute approximate surface area is 151 Å². The molecular weight excluding hydrogens is 367 g/mol. The zero-order valence-electron chi connectivity index (χ0n) is 13.2. The highest BCUT2D eigenvalue weighted by molar-refractivity contribution is 6.31. The molecule has 2 heterocycles. The molecule has 11 heteroatoms. The number of carbonyl (C=O) groups is 1. The van der Waals surface area contributed by atoms with Gasteiger partial charge in [-0.25, -0.2) is 4.39 Å². The number of nitrogens with zero attached hydrogens (tertiary/aromatic N) is 5. The first kappa shape index (κ1) is 17.5. The Morgan fingerprint density at radius 3 is 2.85 bits per heavy atom. The van der Waals surface area contributed by atoms with Crippen LogP contribution in [0.15, 0.2) is 42.9 Å². The molecule has 2 aromatic heterocycles. The third-order valence-corrected chi connectivity index (χ3v) is 3.74. The highest BCUT2D eigenvalue weighted by Gasteiger charge is 2.12. The minimum atomic E-state index is -0.594. The number of aromatic nitrogens is 4. The molecule has 3 aromatic rings. The number of carbonyl (C=O) groups excluding carboxylic acids is 1. The largest absolute Gasteiger partial charge is 0.308 e. The summed E-state index contributed by atoms with van der Waals surface area (Å²) in [5.41, 5.74) is 0.483. The monoisotopic (exact) mass is 378 g/mol. The number of nitro groups is 1. The Morgan fingerprint density at radius 1 is 1.35 bits per heavy atom. The fraction of sp³-hybridized carbons (Fsp3) is 0.133. The molecule has 0 aliphatic rings. The van der Waals surface area contributed by atoms with Crippen molar-refractivity contribution in [2.24, 2.45) is 0 Å². The predicted molar refractivity (Wildman–Crippen MR) is 90.3 cm³/mol. The lowest BCUT2D eigenvalue weighted by Crippen LogP contribution is -2.19. The maximum absolute atomic E-state index is 13.1. The maximum Gasteiger partial charge on any atom is 0.307 e. The molecule has 0 radical (unpaired) electrons. The lowest BCUT2D eigenvalue weighted by atomic mass is 10.2. The van der Waals surface area contributed by atoms with E-state index in [2.05, 4.69) is 15.5 Å². The zero-order valence-corrected chi connectivity index (χ0v) is 13.9. The first-order valence-electron chi connectivity index (χ1n) is 7.35. The third kappa shape index (κ3) is 4.22. The number of hydrogen-bond donors (Lipinski definition) is 1. The van der Waals surface area contributed by atoms with Gasteiger partial charge in [0.25, 0.3) is 0 Å². The van der Waals surface area contributed by atoms with E-state index in [1.54, 1.807) is 18.3 Å². The second kappa shape index (κ2) is 7.31. The first-order chi connectivity index (χ1) is 12.4. The molecule has 0 unspecified atom stereocenters. The molecule has 0 aliphatic carbocycles. The Kier molecular flexibility index (Phi) is 4.94. The topological polar surface area (TPSA) is 108 Å². The van der Waals surface area contributed by atoms with E-state index < -0.39 is 16.6 Å². The Morgan fingerprint density at radius 2 is 2.15 bits per heavy atom. The fourth-order valence-electron chi connectivity index (χ4n) is 2.20. The molecule has 0 aliphatic heterocycles. The van der Waals surface area contributed by atoms with Gasteiger partial charge in [0.15, 0.2) is 5.82 Å². The summed E-state index contributed by atoms with van der Waals surface area (Å²) in [6.45, 7) is 0.116. The van der Waals surface area contributed by atoms with Gasteiger partial charge >= 0.3 is 5.69 Å². The molecule has 3 rings (SSSR count). The third-order valence-electron chi connectivity index (χ3n) is 3.39. The van der Waals surface area contributed by atoms with Crippen molar-refractivity contribution in [3.05, 3.63) is 69.4 Å². The second-order valence-electron chi connectivity index (χ2n) is 5.34. The highest BCUT2D eigenvalue weighted by Crippen LogP contribution is 2.18. The van der Waals surface area contributed by atoms with Crippen molar-refractivity contribution in [1.29, 1.82) is 0 Å². The van der Waals surface area contributed by atoms with E-state index in [-0.39, 0.29) is 17.3 Å². The molecule has 0 saturated carbocycles. The summed E-state index contributed by atoms with van der Waals surface area (Å²) in [7, 11) is 0. The number of hydrogen-bond acceptors (Lipinski definition) is 5. The summed E-state index contributed by atoms with van der Waals surface area (Å²) in [4.78, 5) is 22.0. The SMILES string of the molecule is O=C(Cn1cc([N+](=O)[O-])cn1)Nc1ccn(Cc2ccc(F)cc2Cl)n1. The molecule has 134 valence electrons. The quantitative estimate of drug-likeness (QED) is 0.523. The molecule has 0 bridgehead atoms. The number of benzene rings is 1. The summed E-state index contributed by atoms with van der Waals surface area (Å²) in [5.74, 6) is -0.561. The molecule has 0 atom stereocenters. The van der Waals surface area contributed by atoms with Gasteiger partial charge < -0.3 is 5.32 Å². The zero-order chi connectivity index (χ0) is 18.7. The van der Waals surface area contributed by atoms with Crippen molar-refractivity contribution in [3.63, 3.8) is 0 Å². The summed E-state index contributed by atoms with van der Waals surface area (Å²) >= 11 is 5.98. The maximum atomic E-state index is 13.1. The first-order valence-corrected chi connectivity index (χ1v) is 7.72. The molecule has 0 fully saturated rings. The van der Waals surface area contributed by atoms with Gasteiger partial charge in [0.05, 0.1) is 11.5 Å². The van der Waals surface area contributed by atoms with Crippen molar-refractivity contribution in [3.8, 4) is 0 Å². The second-order valence-corrected chi connectivity index (χ2v) is 5.74. The number of halogens is 2. The smallest absolute Gasteiger partial charge is 0.307 e. The van der Waals surface area contributed by atoms with Crippen molar-refractivity contribution >= 4 is 29.0 Å². The summed E-state index contributed by atoms with van der Waals surface area (Å²) in [6, 6.07) is 5.66. The van der Waals surface area contributed by atoms with Crippen molar-refractivity contribution in [2.45, 2.75) is 13.1 Å². The van der Waals surface area contributed by atoms with E-state index in [1.165, 1.54) is 16.8 Å². The fourth-order valence-corrected chi connectivity index (χ4v) is 2.43. The standard InChI is InChI=1S/C15H12ClFN6O3/c16-13-5-11(17)2-1-10(13)7-21-4-3-14(20-21)19-15(24)9-22-8-12(6-18-22)23(25)26/h1-6,8H,7,9H2,(H,19,20,24). The van der Waals surface area contributed by atoms with Crippen LogP contribution in [0.5, 0.6) is 0 Å². The highest BCUT2D eigenvalue weighted by atomic mass is 35.5. The minimum absolute atomic E-state index is 0.190. The molecular formula is C15H12ClFN6O3. The summed E-state index contributed by atoms with van der Waals surface area (Å²) in [6.07, 6.45) is 3.86. The predicted octanol–water partition coefficient (Wildman–Crippen LogP) is 2.47. The van der Waals surface area contributed by atoms with E-state index in [0.717, 1.165) is 17.1 Å². The van der Waals surface area contributed by atoms with Crippen LogP contribution in [0.4, 0.5) is 15.9 Å². The Hall–Kier alpha value is -3.27. The van der Waals surface area contributed by atoms with Gasteiger partial charge in [-0.2, -0.15) is 10.2 Å². The van der Waals surface area contributed by atoms with E-state index in [0.29, 0.717) is 17.9 Å². The number of anilines is 1. The van der Waals surface area contributed by atoms with Crippen LogP contribution < -0.4 is 5.32 Å². The number of rotatable bonds is 6. The van der Waals surface area contributed by atoms with Crippen molar-refractivity contribution < 1.29 is 14.1 Å². The van der Waals surface area contributed by atoms with Crippen molar-refractivity contribution in [2.75, 3.05) is 5.32 Å². The lowest BCUT2D eigenvalue weighted by Gasteiger charge is -2.05. The Bertz CT molecular complexity index is 970. The molecule has 1 N–H and O–H groups in total. The van der Waals surface area contributed by atoms with Crippen molar-refractivity contribution in [1.82, 2.24) is 19.6 Å². The molecule has 26 heavy (non-hydrogen) atoms. The van der Waals surface area contributed by atoms with Gasteiger partial charge in [-0.05, 0) is 17.7 Å². The molecule has 0 saturated heterocycles. The average molecular weight is 379 g/mol. The molecule has 1 aromatic carbocycles. The normalized spacial score (nSPS) is 10.7. The minimum Gasteiger partial charge on any atom is -0.308 e. The summed E-state index contributed by atoms with van der Waals surface area (Å²) < 4.78 is 15.8. The molecule has 0 spiro atoms. The van der Waals surface area contributed by atoms with E-state index in [4.69, 9.17) is 11.6 Å². The molecule has 9 nitrogen and oxygen atoms in total. The van der Waals surface area contributed by atoms with Crippen LogP contribution in [0.2, 0.25) is 5.02 Å². The van der Waals surface area contributed by atoms with Crippen LogP contribution in [0.3, 0.4) is 0 Å². The van der Waals surface area contributed by atoms with Crippen LogP contribution in [-0.4, -0.2) is 30.4 Å². The van der Waals surface area contributed by atoms with Crippen LogP contribution in [0.1, 0.15) is 5.56 Å². The van der Waals surface area contributed by atoms with E-state index >= 15 is 0 Å². The van der Waals surface area contributed by atoms with Gasteiger partial charge in [-0.3, -0.25) is 24.3 Å². The van der Waals surface area contributed by atoms with Crippen LogP contribution in [0.25, 0.3) is 0 Å². The van der Waals surface area contributed by atoms with E-state index in [1.807, 2.05) is 0 Å². The summed E-state index contributed by atoms with van der Waals surface area (Å²) in [5, 5.41) is 21.4. The van der Waals surface area contributed by atoms with Gasteiger partial charge in [-0.1, -0.05) is 17.7 Å². The van der Waals surface area contributed by atoms with Crippen LogP contribution >= 0.6 is 11.6 Å². The average Bonchev–Trinajstić information content (AvgIpc) is 3.20. The van der Waals surface area contributed by atoms with Gasteiger partial charge in [0.2, 0.25) is 5.91 Å². The lowest BCUT2D eigenvalue weighted by molar-refractivity contribution is -0.385. The number of nitrogens with one attached hydrogen (secondary N) is 1. The molecule has 1 amide bonds. The van der Waals surface area contributed by atoms with Gasteiger partial charge in [0.1, 0.15) is 24.8 Å². The van der Waals surface area contributed by atoms with E-state index in [9.17, 15) is 19.3 Å². The number of amides is 1. The van der Waals surface area contributed by atoms with Gasteiger partial charge in [0, 0.05) is 17.3 Å². The van der Waals surface area contributed by atoms with Crippen LogP contribution in [-0.2, 0) is 17.9 Å². The van der Waals surface area contributed by atoms with Gasteiger partial charge in [-0.15, -0.1) is 0 Å².